The minimum Gasteiger partial charge on any atom is -0.322 e. The second kappa shape index (κ2) is 16.3. The van der Waals surface area contributed by atoms with Crippen molar-refractivity contribution in [3.8, 4) is 0 Å². The Hall–Kier alpha value is -6.10. The Bertz CT molecular complexity index is 1930. The number of amides is 4. The second-order valence-corrected chi connectivity index (χ2v) is 11.8. The van der Waals surface area contributed by atoms with Crippen LogP contribution in [0.25, 0.3) is 0 Å². The third kappa shape index (κ3) is 9.50. The number of benzene rings is 5. The van der Waals surface area contributed by atoms with Crippen LogP contribution < -0.4 is 21.5 Å². The number of anilines is 2. The first-order chi connectivity index (χ1) is 24.0. The molecule has 0 fully saturated rings. The van der Waals surface area contributed by atoms with E-state index in [-0.39, 0.29) is 11.8 Å². The van der Waals surface area contributed by atoms with E-state index in [1.54, 1.807) is 111 Å². The number of hydrazone groups is 2. The summed E-state index contributed by atoms with van der Waals surface area (Å²) in [6, 6.07) is 33.3. The van der Waals surface area contributed by atoms with Crippen LogP contribution >= 0.6 is 23.2 Å². The number of carbonyl (C=O) groups is 4. The van der Waals surface area contributed by atoms with Gasteiger partial charge in [0.15, 0.2) is 0 Å². The molecule has 12 heteroatoms. The highest BCUT2D eigenvalue weighted by Crippen LogP contribution is 2.16. The lowest BCUT2D eigenvalue weighted by Crippen LogP contribution is -2.21. The van der Waals surface area contributed by atoms with E-state index in [1.807, 2.05) is 0 Å². The molecule has 0 aliphatic heterocycles. The lowest BCUT2D eigenvalue weighted by atomic mass is 10.1. The van der Waals surface area contributed by atoms with Crippen LogP contribution in [0.5, 0.6) is 0 Å². The molecule has 5 aromatic carbocycles. The average molecular weight is 706 g/mol. The van der Waals surface area contributed by atoms with Crippen molar-refractivity contribution in [2.24, 2.45) is 10.2 Å². The largest absolute Gasteiger partial charge is 0.322 e. The number of nitrogens with zero attached hydrogens (tertiary/aromatic N) is 2. The van der Waals surface area contributed by atoms with E-state index in [9.17, 15) is 19.2 Å². The van der Waals surface area contributed by atoms with Crippen LogP contribution in [0.3, 0.4) is 0 Å². The topological polar surface area (TPSA) is 141 Å². The molecule has 0 spiro atoms. The van der Waals surface area contributed by atoms with Gasteiger partial charge in [-0.3, -0.25) is 19.2 Å². The Balaban J connectivity index is 1.10. The summed E-state index contributed by atoms with van der Waals surface area (Å²) in [4.78, 5) is 50.3. The average Bonchev–Trinajstić information content (AvgIpc) is 3.13. The molecule has 10 nitrogen and oxygen atoms in total. The number of hydrogen-bond donors (Lipinski definition) is 4. The second-order valence-electron chi connectivity index (χ2n) is 10.9. The zero-order valence-corrected chi connectivity index (χ0v) is 28.3. The van der Waals surface area contributed by atoms with Crippen molar-refractivity contribution in [3.05, 3.63) is 165 Å². The van der Waals surface area contributed by atoms with E-state index in [2.05, 4.69) is 31.7 Å². The monoisotopic (exact) mass is 704 g/mol. The van der Waals surface area contributed by atoms with Crippen LogP contribution in [-0.4, -0.2) is 35.1 Å². The smallest absolute Gasteiger partial charge is 0.271 e. The van der Waals surface area contributed by atoms with E-state index >= 15 is 0 Å². The zero-order chi connectivity index (χ0) is 35.6. The third-order valence-electron chi connectivity index (χ3n) is 7.39. The van der Waals surface area contributed by atoms with E-state index in [0.29, 0.717) is 55.1 Å². The van der Waals surface area contributed by atoms with Gasteiger partial charge < -0.3 is 10.6 Å². The Morgan fingerprint density at radius 2 is 0.660 bits per heavy atom. The van der Waals surface area contributed by atoms with Crippen LogP contribution in [0, 0.1) is 0 Å². The van der Waals surface area contributed by atoms with Gasteiger partial charge in [-0.2, -0.15) is 10.2 Å². The fraction of sp³-hybridized carbons (Fsp3) is 0.0526. The minimum absolute atomic E-state index is 0.264. The lowest BCUT2D eigenvalue weighted by molar-refractivity contribution is 0.0943. The Morgan fingerprint density at radius 1 is 0.400 bits per heavy atom. The van der Waals surface area contributed by atoms with Gasteiger partial charge in [-0.15, -0.1) is 0 Å². The van der Waals surface area contributed by atoms with Crippen molar-refractivity contribution >= 4 is 69.6 Å². The van der Waals surface area contributed by atoms with Gasteiger partial charge in [0.2, 0.25) is 0 Å². The highest BCUT2D eigenvalue weighted by molar-refractivity contribution is 6.31. The van der Waals surface area contributed by atoms with Gasteiger partial charge in [-0.05, 0) is 122 Å². The summed E-state index contributed by atoms with van der Waals surface area (Å²) in [5.74, 6) is -1.44. The fourth-order valence-corrected chi connectivity index (χ4v) is 4.75. The summed E-state index contributed by atoms with van der Waals surface area (Å²) in [7, 11) is 0. The normalized spacial score (nSPS) is 11.4. The molecular formula is C38H30Cl2N6O4. The summed E-state index contributed by atoms with van der Waals surface area (Å²) >= 11 is 11.8. The van der Waals surface area contributed by atoms with Crippen LogP contribution in [0.4, 0.5) is 11.4 Å². The molecule has 4 amide bonds. The van der Waals surface area contributed by atoms with E-state index in [0.717, 1.165) is 11.1 Å². The molecule has 0 bridgehead atoms. The Morgan fingerprint density at radius 3 is 0.980 bits per heavy atom. The zero-order valence-electron chi connectivity index (χ0n) is 26.8. The molecule has 4 N–H and O–H groups in total. The van der Waals surface area contributed by atoms with Gasteiger partial charge in [0.05, 0.1) is 11.4 Å². The highest BCUT2D eigenvalue weighted by Gasteiger charge is 2.11. The van der Waals surface area contributed by atoms with E-state index in [1.165, 1.54) is 24.3 Å². The highest BCUT2D eigenvalue weighted by atomic mass is 35.5. The van der Waals surface area contributed by atoms with Crippen molar-refractivity contribution in [1.29, 1.82) is 0 Å². The van der Waals surface area contributed by atoms with Crippen LogP contribution in [0.1, 0.15) is 66.4 Å². The Labute approximate surface area is 298 Å². The van der Waals surface area contributed by atoms with Gasteiger partial charge in [-0.25, -0.2) is 10.9 Å². The molecule has 250 valence electrons. The molecule has 0 saturated heterocycles. The van der Waals surface area contributed by atoms with Crippen molar-refractivity contribution in [3.63, 3.8) is 0 Å². The molecule has 0 unspecified atom stereocenters. The standard InChI is InChI=1S/C38H30Cl2N6O4/c1-23(25-11-19-33(20-12-25)41-35(47)27-7-15-31(39)16-8-27)43-45-37(49)29-3-5-30(6-4-29)38(50)46-44-24(2)26-13-21-34(22-14-26)42-36(48)28-9-17-32(40)18-10-28/h3-22H,1-2H3,(H,41,47)(H,42,48)(H,45,49)(H,46,50)/b43-23+,44-24+. The fourth-order valence-electron chi connectivity index (χ4n) is 4.50. The summed E-state index contributed by atoms with van der Waals surface area (Å²) in [6.07, 6.45) is 0. The van der Waals surface area contributed by atoms with E-state index < -0.39 is 11.8 Å². The number of halogens is 2. The number of carbonyl (C=O) groups excluding carboxylic acids is 4. The summed E-state index contributed by atoms with van der Waals surface area (Å²) in [6.45, 7) is 3.49. The molecule has 5 aromatic rings. The maximum Gasteiger partial charge on any atom is 0.271 e. The predicted octanol–water partition coefficient (Wildman–Crippen LogP) is 7.81. The maximum absolute atomic E-state index is 12.7. The molecule has 0 saturated carbocycles. The number of rotatable bonds is 10. The quantitative estimate of drug-likeness (QED) is 0.0869. The minimum atomic E-state index is -0.454. The van der Waals surface area contributed by atoms with Gasteiger partial charge in [0.1, 0.15) is 0 Å². The van der Waals surface area contributed by atoms with Crippen molar-refractivity contribution in [2.45, 2.75) is 13.8 Å². The first-order valence-corrected chi connectivity index (χ1v) is 16.0. The van der Waals surface area contributed by atoms with Crippen molar-refractivity contribution in [1.82, 2.24) is 10.9 Å². The predicted molar refractivity (Wildman–Crippen MR) is 197 cm³/mol. The summed E-state index contributed by atoms with van der Waals surface area (Å²) in [5.41, 5.74) is 10.4. The molecule has 0 aliphatic rings. The molecule has 0 atom stereocenters. The molecule has 5 rings (SSSR count). The first-order valence-electron chi connectivity index (χ1n) is 15.2. The summed E-state index contributed by atoms with van der Waals surface area (Å²) in [5, 5.41) is 15.1. The van der Waals surface area contributed by atoms with Gasteiger partial charge in [-0.1, -0.05) is 47.5 Å². The molecule has 0 heterocycles. The maximum atomic E-state index is 12.7. The lowest BCUT2D eigenvalue weighted by Gasteiger charge is -2.08. The molecule has 50 heavy (non-hydrogen) atoms. The van der Waals surface area contributed by atoms with Gasteiger partial charge in [0, 0.05) is 43.7 Å². The molecular weight excluding hydrogens is 675 g/mol. The van der Waals surface area contributed by atoms with Gasteiger partial charge >= 0.3 is 0 Å². The van der Waals surface area contributed by atoms with E-state index in [4.69, 9.17) is 23.2 Å². The first kappa shape index (κ1) is 35.2. The molecule has 0 aliphatic carbocycles. The molecule has 0 radical (unpaired) electrons. The SMILES string of the molecule is C/C(=N\NC(=O)c1ccc(C(=O)N/N=C(\C)c2ccc(NC(=O)c3ccc(Cl)cc3)cc2)cc1)c1ccc(NC(=O)c2ccc(Cl)cc2)cc1. The summed E-state index contributed by atoms with van der Waals surface area (Å²) < 4.78 is 0. The third-order valence-corrected chi connectivity index (χ3v) is 7.90. The Kier molecular flexibility index (Phi) is 11.5. The van der Waals surface area contributed by atoms with Crippen LogP contribution in [0.15, 0.2) is 132 Å². The molecule has 0 aromatic heterocycles. The van der Waals surface area contributed by atoms with Gasteiger partial charge in [0.25, 0.3) is 23.6 Å². The van der Waals surface area contributed by atoms with Crippen LogP contribution in [-0.2, 0) is 0 Å². The number of hydrogen-bond acceptors (Lipinski definition) is 6. The van der Waals surface area contributed by atoms with Crippen molar-refractivity contribution < 1.29 is 19.2 Å². The van der Waals surface area contributed by atoms with Crippen LogP contribution in [0.2, 0.25) is 10.0 Å². The number of nitrogens with one attached hydrogen (secondary N) is 4. The van der Waals surface area contributed by atoms with Crippen molar-refractivity contribution in [2.75, 3.05) is 10.6 Å².